The van der Waals surface area contributed by atoms with Crippen LogP contribution in [0.1, 0.15) is 13.8 Å². The third kappa shape index (κ3) is 1.79. The molecule has 0 amide bonds. The number of hydrogen-bond donors (Lipinski definition) is 0. The van der Waals surface area contributed by atoms with Gasteiger partial charge in [-0.15, -0.1) is 0 Å². The van der Waals surface area contributed by atoms with Gasteiger partial charge in [0.05, 0.1) is 5.70 Å². The molecule has 1 aliphatic rings. The standard InChI is InChI=1S/C9H9Cl2N/c1-5-4-8(10)6(2)7(3)9(11)12-5/h4H,1H2,2-3H3. The molecule has 0 aromatic carbocycles. The minimum Gasteiger partial charge on any atom is -0.237 e. The van der Waals surface area contributed by atoms with Crippen molar-refractivity contribution in [3.05, 3.63) is 34.5 Å². The molecule has 3 heteroatoms. The molecule has 0 aliphatic carbocycles. The largest absolute Gasteiger partial charge is 0.237 e. The molecular weight excluding hydrogens is 193 g/mol. The fraction of sp³-hybridized carbons (Fsp3) is 0.222. The van der Waals surface area contributed by atoms with E-state index in [9.17, 15) is 0 Å². The molecule has 0 spiro atoms. The van der Waals surface area contributed by atoms with E-state index in [0.29, 0.717) is 15.9 Å². The zero-order valence-electron chi connectivity index (χ0n) is 6.99. The molecule has 1 heterocycles. The lowest BCUT2D eigenvalue weighted by Gasteiger charge is -2.00. The molecule has 1 rings (SSSR count). The lowest BCUT2D eigenvalue weighted by molar-refractivity contribution is 1.41. The third-order valence-electron chi connectivity index (χ3n) is 1.77. The van der Waals surface area contributed by atoms with Crippen molar-refractivity contribution < 1.29 is 0 Å². The molecule has 0 aromatic rings. The van der Waals surface area contributed by atoms with Crippen molar-refractivity contribution in [2.75, 3.05) is 0 Å². The predicted molar refractivity (Wildman–Crippen MR) is 54.7 cm³/mol. The average Bonchev–Trinajstić information content (AvgIpc) is 2.05. The molecule has 0 unspecified atom stereocenters. The van der Waals surface area contributed by atoms with Gasteiger partial charge in [0, 0.05) is 5.03 Å². The first-order valence-electron chi connectivity index (χ1n) is 3.51. The van der Waals surface area contributed by atoms with Crippen LogP contribution in [-0.2, 0) is 0 Å². The smallest absolute Gasteiger partial charge is 0.132 e. The Morgan fingerprint density at radius 2 is 1.83 bits per heavy atom. The average molecular weight is 202 g/mol. The molecule has 0 N–H and O–H groups in total. The first-order chi connectivity index (χ1) is 5.52. The fourth-order valence-electron chi connectivity index (χ4n) is 0.831. The summed E-state index contributed by atoms with van der Waals surface area (Å²) in [5, 5.41) is 1.11. The van der Waals surface area contributed by atoms with Gasteiger partial charge in [-0.3, -0.25) is 0 Å². The molecule has 0 saturated carbocycles. The monoisotopic (exact) mass is 201 g/mol. The van der Waals surface area contributed by atoms with Crippen LogP contribution >= 0.6 is 23.2 Å². The van der Waals surface area contributed by atoms with Gasteiger partial charge in [-0.2, -0.15) is 0 Å². The molecule has 64 valence electrons. The summed E-state index contributed by atoms with van der Waals surface area (Å²) in [6.45, 7) is 7.48. The first-order valence-corrected chi connectivity index (χ1v) is 4.26. The number of allylic oxidation sites excluding steroid dienone is 4. The minimum absolute atomic E-state index is 0.462. The van der Waals surface area contributed by atoms with Crippen LogP contribution in [0, 0.1) is 0 Å². The molecule has 12 heavy (non-hydrogen) atoms. The summed E-state index contributed by atoms with van der Waals surface area (Å²) in [6.07, 6.45) is 1.70. The Morgan fingerprint density at radius 3 is 2.42 bits per heavy atom. The van der Waals surface area contributed by atoms with Crippen LogP contribution in [0.4, 0.5) is 0 Å². The first kappa shape index (κ1) is 9.56. The molecule has 0 radical (unpaired) electrons. The molecule has 0 bridgehead atoms. The Balaban J connectivity index is 3.27. The lowest BCUT2D eigenvalue weighted by Crippen LogP contribution is -1.91. The molecule has 0 saturated heterocycles. The van der Waals surface area contributed by atoms with Crippen molar-refractivity contribution in [1.29, 1.82) is 0 Å². The normalized spacial score (nSPS) is 18.8. The highest BCUT2D eigenvalue weighted by Crippen LogP contribution is 2.25. The van der Waals surface area contributed by atoms with E-state index in [1.54, 1.807) is 6.08 Å². The van der Waals surface area contributed by atoms with Gasteiger partial charge in [-0.05, 0) is 31.1 Å². The summed E-state index contributed by atoms with van der Waals surface area (Å²) >= 11 is 11.8. The summed E-state index contributed by atoms with van der Waals surface area (Å²) < 4.78 is 0. The van der Waals surface area contributed by atoms with Crippen molar-refractivity contribution in [1.82, 2.24) is 0 Å². The number of rotatable bonds is 0. The topological polar surface area (TPSA) is 12.4 Å². The van der Waals surface area contributed by atoms with Crippen LogP contribution < -0.4 is 0 Å². The van der Waals surface area contributed by atoms with Gasteiger partial charge in [0.1, 0.15) is 5.17 Å². The number of aliphatic imine (C=N–C) groups is 1. The summed E-state index contributed by atoms with van der Waals surface area (Å²) in [4.78, 5) is 4.03. The van der Waals surface area contributed by atoms with E-state index in [0.717, 1.165) is 11.1 Å². The molecule has 1 nitrogen and oxygen atoms in total. The van der Waals surface area contributed by atoms with Gasteiger partial charge < -0.3 is 0 Å². The van der Waals surface area contributed by atoms with Crippen molar-refractivity contribution in [2.45, 2.75) is 13.8 Å². The van der Waals surface area contributed by atoms with Crippen LogP contribution in [0.5, 0.6) is 0 Å². The predicted octanol–water partition coefficient (Wildman–Crippen LogP) is 3.61. The third-order valence-corrected chi connectivity index (χ3v) is 2.53. The minimum atomic E-state index is 0.462. The number of halogens is 2. The summed E-state index contributed by atoms with van der Waals surface area (Å²) in [6, 6.07) is 0. The summed E-state index contributed by atoms with van der Waals surface area (Å²) in [5.74, 6) is 0. The quantitative estimate of drug-likeness (QED) is 0.568. The molecular formula is C9H9Cl2N. The van der Waals surface area contributed by atoms with E-state index in [-0.39, 0.29) is 0 Å². The van der Waals surface area contributed by atoms with Gasteiger partial charge in [-0.1, -0.05) is 29.8 Å². The zero-order chi connectivity index (χ0) is 9.30. The van der Waals surface area contributed by atoms with E-state index in [2.05, 4.69) is 11.6 Å². The van der Waals surface area contributed by atoms with Gasteiger partial charge >= 0.3 is 0 Å². The molecule has 0 aromatic heterocycles. The Labute approximate surface area is 82.1 Å². The van der Waals surface area contributed by atoms with Crippen molar-refractivity contribution in [3.8, 4) is 0 Å². The molecule has 1 aliphatic heterocycles. The van der Waals surface area contributed by atoms with E-state index in [4.69, 9.17) is 23.2 Å². The number of nitrogens with zero attached hydrogens (tertiary/aromatic N) is 1. The van der Waals surface area contributed by atoms with Crippen LogP contribution in [0.15, 0.2) is 39.5 Å². The van der Waals surface area contributed by atoms with Crippen molar-refractivity contribution >= 4 is 28.4 Å². The van der Waals surface area contributed by atoms with Gasteiger partial charge in [-0.25, -0.2) is 4.99 Å². The maximum Gasteiger partial charge on any atom is 0.132 e. The highest BCUT2D eigenvalue weighted by molar-refractivity contribution is 6.69. The Bertz CT molecular complexity index is 291. The van der Waals surface area contributed by atoms with Crippen LogP contribution in [0.25, 0.3) is 0 Å². The van der Waals surface area contributed by atoms with Gasteiger partial charge in [0.25, 0.3) is 0 Å². The van der Waals surface area contributed by atoms with E-state index in [1.165, 1.54) is 0 Å². The van der Waals surface area contributed by atoms with Gasteiger partial charge in [0.2, 0.25) is 0 Å². The second kappa shape index (κ2) is 3.46. The number of hydrogen-bond acceptors (Lipinski definition) is 1. The molecule has 0 atom stereocenters. The molecule has 0 fully saturated rings. The highest BCUT2D eigenvalue weighted by Gasteiger charge is 2.09. The van der Waals surface area contributed by atoms with Gasteiger partial charge in [0.15, 0.2) is 0 Å². The SMILES string of the molecule is C=C1C=C(Cl)C(C)=C(C)C(Cl)=N1. The van der Waals surface area contributed by atoms with E-state index in [1.807, 2.05) is 13.8 Å². The summed E-state index contributed by atoms with van der Waals surface area (Å²) in [7, 11) is 0. The van der Waals surface area contributed by atoms with Crippen LogP contribution in [-0.4, -0.2) is 5.17 Å². The maximum atomic E-state index is 5.94. The second-order valence-electron chi connectivity index (χ2n) is 2.64. The fourth-order valence-corrected chi connectivity index (χ4v) is 1.35. The van der Waals surface area contributed by atoms with E-state index < -0.39 is 0 Å². The van der Waals surface area contributed by atoms with Crippen molar-refractivity contribution in [3.63, 3.8) is 0 Å². The zero-order valence-corrected chi connectivity index (χ0v) is 8.50. The van der Waals surface area contributed by atoms with Crippen LogP contribution in [0.2, 0.25) is 0 Å². The Kier molecular flexibility index (Phi) is 2.76. The Hall–Kier alpha value is -0.530. The second-order valence-corrected chi connectivity index (χ2v) is 3.40. The van der Waals surface area contributed by atoms with Crippen LogP contribution in [0.3, 0.4) is 0 Å². The van der Waals surface area contributed by atoms with Crippen molar-refractivity contribution in [2.24, 2.45) is 4.99 Å². The maximum absolute atomic E-state index is 5.94. The summed E-state index contributed by atoms with van der Waals surface area (Å²) in [5.41, 5.74) is 2.43. The highest BCUT2D eigenvalue weighted by atomic mass is 35.5. The lowest BCUT2D eigenvalue weighted by atomic mass is 10.1. The van der Waals surface area contributed by atoms with E-state index >= 15 is 0 Å². The Morgan fingerprint density at radius 1 is 1.25 bits per heavy atom.